The highest BCUT2D eigenvalue weighted by Gasteiger charge is 2.02. The second-order valence-corrected chi connectivity index (χ2v) is 4.82. The van der Waals surface area contributed by atoms with Crippen molar-refractivity contribution in [2.45, 2.75) is 6.92 Å². The van der Waals surface area contributed by atoms with Crippen molar-refractivity contribution in [3.05, 3.63) is 76.8 Å². The maximum Gasteiger partial charge on any atom is 0.138 e. The van der Waals surface area contributed by atoms with E-state index >= 15 is 0 Å². The lowest BCUT2D eigenvalue weighted by atomic mass is 10.1. The molecule has 0 aliphatic carbocycles. The predicted molar refractivity (Wildman–Crippen MR) is 87.1 cm³/mol. The smallest absolute Gasteiger partial charge is 0.138 e. The average molecular weight is 285 g/mol. The Morgan fingerprint density at radius 3 is 2.50 bits per heavy atom. The Morgan fingerprint density at radius 1 is 1.05 bits per heavy atom. The van der Waals surface area contributed by atoms with Gasteiger partial charge >= 0.3 is 0 Å². The van der Waals surface area contributed by atoms with Crippen molar-refractivity contribution in [1.82, 2.24) is 0 Å². The molecule has 2 aromatic rings. The zero-order valence-electron chi connectivity index (χ0n) is 11.6. The lowest BCUT2D eigenvalue weighted by molar-refractivity contribution is 0.415. The zero-order chi connectivity index (χ0) is 14.4. The van der Waals surface area contributed by atoms with E-state index < -0.39 is 0 Å². The normalized spacial score (nSPS) is 11.8. The summed E-state index contributed by atoms with van der Waals surface area (Å²) in [6.45, 7) is 2.09. The van der Waals surface area contributed by atoms with E-state index in [0.717, 1.165) is 5.56 Å². The number of ether oxygens (including phenoxy) is 1. The third kappa shape index (κ3) is 3.52. The van der Waals surface area contributed by atoms with Crippen molar-refractivity contribution in [1.29, 1.82) is 0 Å². The van der Waals surface area contributed by atoms with Gasteiger partial charge in [0.15, 0.2) is 0 Å². The molecule has 0 N–H and O–H groups in total. The first-order valence-electron chi connectivity index (χ1n) is 6.45. The molecule has 0 saturated heterocycles. The van der Waals surface area contributed by atoms with Crippen LogP contribution < -0.4 is 4.74 Å². The quantitative estimate of drug-likeness (QED) is 0.677. The SMILES string of the molecule is COc1cccc(/C=C/C=C(/C)c2ccccc2)c1Cl. The molecule has 2 aromatic carbocycles. The summed E-state index contributed by atoms with van der Waals surface area (Å²) in [7, 11) is 1.62. The fraction of sp³-hybridized carbons (Fsp3) is 0.111. The summed E-state index contributed by atoms with van der Waals surface area (Å²) in [4.78, 5) is 0. The fourth-order valence-corrected chi connectivity index (χ4v) is 2.17. The van der Waals surface area contributed by atoms with Crippen LogP contribution in [0.5, 0.6) is 5.75 Å². The highest BCUT2D eigenvalue weighted by Crippen LogP contribution is 2.28. The van der Waals surface area contributed by atoms with E-state index in [0.29, 0.717) is 10.8 Å². The van der Waals surface area contributed by atoms with Crippen molar-refractivity contribution in [2.24, 2.45) is 0 Å². The minimum absolute atomic E-state index is 0.636. The van der Waals surface area contributed by atoms with Gasteiger partial charge in [-0.05, 0) is 29.7 Å². The van der Waals surface area contributed by atoms with E-state index in [9.17, 15) is 0 Å². The molecular formula is C18H17ClO. The lowest BCUT2D eigenvalue weighted by Crippen LogP contribution is -1.85. The van der Waals surface area contributed by atoms with Crippen molar-refractivity contribution in [2.75, 3.05) is 7.11 Å². The number of allylic oxidation sites excluding steroid dienone is 3. The number of rotatable bonds is 4. The predicted octanol–water partition coefficient (Wildman–Crippen LogP) is 5.47. The first-order valence-corrected chi connectivity index (χ1v) is 6.83. The fourth-order valence-electron chi connectivity index (χ4n) is 1.91. The molecule has 20 heavy (non-hydrogen) atoms. The summed E-state index contributed by atoms with van der Waals surface area (Å²) in [5, 5.41) is 0.636. The third-order valence-corrected chi connectivity index (χ3v) is 3.47. The second-order valence-electron chi connectivity index (χ2n) is 4.44. The minimum atomic E-state index is 0.636. The van der Waals surface area contributed by atoms with Crippen molar-refractivity contribution < 1.29 is 4.74 Å². The van der Waals surface area contributed by atoms with Crippen molar-refractivity contribution in [3.8, 4) is 5.75 Å². The molecule has 2 rings (SSSR count). The molecule has 0 amide bonds. The molecule has 1 nitrogen and oxygen atoms in total. The number of hydrogen-bond acceptors (Lipinski definition) is 1. The standard InChI is InChI=1S/C18H17ClO/c1-14(15-9-4-3-5-10-15)8-6-11-16-12-7-13-17(20-2)18(16)19/h3-13H,1-2H3/b11-6+,14-8-. The second kappa shape index (κ2) is 6.97. The molecule has 0 unspecified atom stereocenters. The molecule has 0 aliphatic heterocycles. The molecule has 0 atom stereocenters. The van der Waals surface area contributed by atoms with Gasteiger partial charge in [-0.3, -0.25) is 0 Å². The highest BCUT2D eigenvalue weighted by molar-refractivity contribution is 6.33. The van der Waals surface area contributed by atoms with Crippen molar-refractivity contribution in [3.63, 3.8) is 0 Å². The van der Waals surface area contributed by atoms with Crippen LogP contribution in [-0.4, -0.2) is 7.11 Å². The van der Waals surface area contributed by atoms with Gasteiger partial charge in [-0.15, -0.1) is 0 Å². The van der Waals surface area contributed by atoms with Gasteiger partial charge in [-0.2, -0.15) is 0 Å². The van der Waals surface area contributed by atoms with E-state index in [1.165, 1.54) is 11.1 Å². The van der Waals surface area contributed by atoms with E-state index in [-0.39, 0.29) is 0 Å². The van der Waals surface area contributed by atoms with Gasteiger partial charge in [0.25, 0.3) is 0 Å². The molecule has 0 aliphatic rings. The number of halogens is 1. The van der Waals surface area contributed by atoms with Gasteiger partial charge < -0.3 is 4.74 Å². The van der Waals surface area contributed by atoms with E-state index in [4.69, 9.17) is 16.3 Å². The van der Waals surface area contributed by atoms with Crippen LogP contribution in [0.25, 0.3) is 11.6 Å². The van der Waals surface area contributed by atoms with E-state index in [1.54, 1.807) is 7.11 Å². The van der Waals surface area contributed by atoms with Crippen LogP contribution in [0, 0.1) is 0 Å². The van der Waals surface area contributed by atoms with Crippen LogP contribution in [0.15, 0.2) is 60.7 Å². The number of methoxy groups -OCH3 is 1. The zero-order valence-corrected chi connectivity index (χ0v) is 12.4. The lowest BCUT2D eigenvalue weighted by Gasteiger charge is -2.04. The molecular weight excluding hydrogens is 268 g/mol. The maximum absolute atomic E-state index is 6.24. The summed E-state index contributed by atoms with van der Waals surface area (Å²) in [5.74, 6) is 0.692. The molecule has 0 radical (unpaired) electrons. The third-order valence-electron chi connectivity index (χ3n) is 3.06. The van der Waals surface area contributed by atoms with Crippen LogP contribution >= 0.6 is 11.6 Å². The topological polar surface area (TPSA) is 9.23 Å². The van der Waals surface area contributed by atoms with Gasteiger partial charge in [0.1, 0.15) is 5.75 Å². The summed E-state index contributed by atoms with van der Waals surface area (Å²) >= 11 is 6.24. The molecule has 2 heteroatoms. The molecule has 0 spiro atoms. The van der Waals surface area contributed by atoms with E-state index in [2.05, 4.69) is 25.1 Å². The first kappa shape index (κ1) is 14.4. The van der Waals surface area contributed by atoms with Crippen LogP contribution in [0.2, 0.25) is 5.02 Å². The van der Waals surface area contributed by atoms with Gasteiger partial charge in [0, 0.05) is 0 Å². The largest absolute Gasteiger partial charge is 0.495 e. The average Bonchev–Trinajstić information content (AvgIpc) is 2.49. The first-order chi connectivity index (χ1) is 9.72. The molecule has 102 valence electrons. The Morgan fingerprint density at radius 2 is 1.80 bits per heavy atom. The molecule has 0 heterocycles. The van der Waals surface area contributed by atoms with Crippen LogP contribution in [-0.2, 0) is 0 Å². The number of benzene rings is 2. The monoisotopic (exact) mass is 284 g/mol. The Bertz CT molecular complexity index is 627. The Balaban J connectivity index is 2.18. The Hall–Kier alpha value is -1.99. The van der Waals surface area contributed by atoms with Crippen LogP contribution in [0.4, 0.5) is 0 Å². The van der Waals surface area contributed by atoms with E-state index in [1.807, 2.05) is 48.6 Å². The maximum atomic E-state index is 6.24. The van der Waals surface area contributed by atoms with Crippen molar-refractivity contribution >= 4 is 23.3 Å². The summed E-state index contributed by atoms with van der Waals surface area (Å²) < 4.78 is 5.20. The molecule has 0 fully saturated rings. The minimum Gasteiger partial charge on any atom is -0.495 e. The summed E-state index contributed by atoms with van der Waals surface area (Å²) in [6, 6.07) is 16.0. The Kier molecular flexibility index (Phi) is 5.03. The van der Waals surface area contributed by atoms with Gasteiger partial charge in [0.05, 0.1) is 12.1 Å². The van der Waals surface area contributed by atoms with Crippen LogP contribution in [0.1, 0.15) is 18.1 Å². The highest BCUT2D eigenvalue weighted by atomic mass is 35.5. The van der Waals surface area contributed by atoms with Gasteiger partial charge in [-0.1, -0.05) is 72.3 Å². The molecule has 0 saturated carbocycles. The summed E-state index contributed by atoms with van der Waals surface area (Å²) in [5.41, 5.74) is 3.37. The van der Waals surface area contributed by atoms with Gasteiger partial charge in [0.2, 0.25) is 0 Å². The molecule has 0 aromatic heterocycles. The molecule has 0 bridgehead atoms. The van der Waals surface area contributed by atoms with Gasteiger partial charge in [-0.25, -0.2) is 0 Å². The number of hydrogen-bond donors (Lipinski definition) is 0. The van der Waals surface area contributed by atoms with Crippen LogP contribution in [0.3, 0.4) is 0 Å². The summed E-state index contributed by atoms with van der Waals surface area (Å²) in [6.07, 6.45) is 6.06. The Labute approximate surface area is 125 Å².